The Bertz CT molecular complexity index is 649. The van der Waals surface area contributed by atoms with Gasteiger partial charge in [-0.25, -0.2) is 9.78 Å². The molecule has 1 aromatic heterocycles. The van der Waals surface area contributed by atoms with Gasteiger partial charge in [0.25, 0.3) is 0 Å². The van der Waals surface area contributed by atoms with Gasteiger partial charge in [-0.05, 0) is 41.0 Å². The number of rotatable bonds is 7. The molecule has 8 nitrogen and oxygen atoms in total. The van der Waals surface area contributed by atoms with Gasteiger partial charge in [0, 0.05) is 38.0 Å². The fourth-order valence-electron chi connectivity index (χ4n) is 3.01. The number of carbonyl (C=O) groups is 2. The maximum Gasteiger partial charge on any atom is 0.407 e. The predicted octanol–water partition coefficient (Wildman–Crippen LogP) is 3.00. The van der Waals surface area contributed by atoms with E-state index in [2.05, 4.69) is 34.4 Å². The molecule has 0 spiro atoms. The van der Waals surface area contributed by atoms with E-state index in [-0.39, 0.29) is 18.1 Å². The molecule has 0 saturated carbocycles. The highest BCUT2D eigenvalue weighted by Crippen LogP contribution is 2.19. The van der Waals surface area contributed by atoms with Gasteiger partial charge in [-0.1, -0.05) is 0 Å². The van der Waals surface area contributed by atoms with E-state index < -0.39 is 11.7 Å². The van der Waals surface area contributed by atoms with E-state index in [9.17, 15) is 9.59 Å². The smallest absolute Gasteiger partial charge is 0.407 e. The quantitative estimate of drug-likeness (QED) is 0.669. The number of hydrogen-bond donors (Lipinski definition) is 2. The van der Waals surface area contributed by atoms with Crippen molar-refractivity contribution in [2.24, 2.45) is 0 Å². The van der Waals surface area contributed by atoms with E-state index in [0.29, 0.717) is 24.5 Å². The number of hydrogen-bond acceptors (Lipinski definition) is 7. The Morgan fingerprint density at radius 2 is 2.00 bits per heavy atom. The molecule has 1 aliphatic heterocycles. The third-order valence-corrected chi connectivity index (χ3v) is 4.73. The average Bonchev–Trinajstić information content (AvgIpc) is 2.95. The van der Waals surface area contributed by atoms with Crippen molar-refractivity contribution >= 4 is 28.5 Å². The van der Waals surface area contributed by atoms with Gasteiger partial charge >= 0.3 is 6.09 Å². The summed E-state index contributed by atoms with van der Waals surface area (Å²) in [6, 6.07) is 0. The van der Waals surface area contributed by atoms with Crippen molar-refractivity contribution in [3.63, 3.8) is 0 Å². The van der Waals surface area contributed by atoms with Crippen molar-refractivity contribution in [1.82, 2.24) is 15.2 Å². The minimum Gasteiger partial charge on any atom is -0.444 e. The summed E-state index contributed by atoms with van der Waals surface area (Å²) >= 11 is 1.43. The van der Waals surface area contributed by atoms with Crippen LogP contribution in [0.15, 0.2) is 5.38 Å². The number of alkyl carbamates (subject to hydrolysis) is 1. The molecule has 2 amide bonds. The normalized spacial score (nSPS) is 20.6. The Kier molecular flexibility index (Phi) is 8.21. The highest BCUT2D eigenvalue weighted by Gasteiger charge is 2.23. The molecule has 1 fully saturated rings. The molecule has 1 aromatic rings. The minimum absolute atomic E-state index is 0.111. The minimum atomic E-state index is -0.526. The van der Waals surface area contributed by atoms with Gasteiger partial charge in [0.2, 0.25) is 5.91 Å². The number of carbonyl (C=O) groups excluding carboxylic acids is 2. The molecule has 2 rings (SSSR count). The summed E-state index contributed by atoms with van der Waals surface area (Å²) in [5.41, 5.74) is 0.426. The van der Waals surface area contributed by atoms with E-state index in [1.807, 2.05) is 26.2 Å². The van der Waals surface area contributed by atoms with Gasteiger partial charge < -0.3 is 20.1 Å². The van der Waals surface area contributed by atoms with Crippen molar-refractivity contribution in [3.05, 3.63) is 11.1 Å². The fourth-order valence-corrected chi connectivity index (χ4v) is 3.73. The Morgan fingerprint density at radius 3 is 2.64 bits per heavy atom. The van der Waals surface area contributed by atoms with Crippen LogP contribution in [0.2, 0.25) is 0 Å². The van der Waals surface area contributed by atoms with E-state index >= 15 is 0 Å². The SMILES string of the molecule is CC1CN(Cc2csc(NC(=O)CCCNC(=O)OC(C)(C)C)n2)CC(C)O1. The molecule has 0 bridgehead atoms. The second-order valence-electron chi connectivity index (χ2n) is 8.18. The molecule has 9 heteroatoms. The summed E-state index contributed by atoms with van der Waals surface area (Å²) in [5, 5.41) is 8.05. The first kappa shape index (κ1) is 22.6. The molecule has 1 aliphatic rings. The molecule has 0 aromatic carbocycles. The Labute approximate surface area is 171 Å². The molecule has 0 aliphatic carbocycles. The predicted molar refractivity (Wildman–Crippen MR) is 110 cm³/mol. The molecular formula is C19H32N4O4S. The highest BCUT2D eigenvalue weighted by molar-refractivity contribution is 7.13. The third-order valence-electron chi connectivity index (χ3n) is 3.93. The lowest BCUT2D eigenvalue weighted by Gasteiger charge is -2.34. The molecule has 2 N–H and O–H groups in total. The molecule has 1 saturated heterocycles. The number of anilines is 1. The maximum absolute atomic E-state index is 12.1. The number of nitrogens with one attached hydrogen (secondary N) is 2. The molecule has 2 unspecified atom stereocenters. The van der Waals surface area contributed by atoms with Crippen LogP contribution in [0.1, 0.15) is 53.2 Å². The van der Waals surface area contributed by atoms with Crippen LogP contribution in [-0.2, 0) is 20.8 Å². The lowest BCUT2D eigenvalue weighted by Crippen LogP contribution is -2.44. The van der Waals surface area contributed by atoms with Crippen molar-refractivity contribution in [2.45, 2.75) is 71.8 Å². The van der Waals surface area contributed by atoms with Crippen LogP contribution in [0.3, 0.4) is 0 Å². The van der Waals surface area contributed by atoms with Gasteiger partial charge in [0.1, 0.15) is 5.60 Å². The Hall–Kier alpha value is -1.71. The number of thiazole rings is 1. The van der Waals surface area contributed by atoms with Gasteiger partial charge in [-0.15, -0.1) is 11.3 Å². The van der Waals surface area contributed by atoms with Crippen molar-refractivity contribution in [2.75, 3.05) is 25.0 Å². The van der Waals surface area contributed by atoms with Crippen LogP contribution in [0.4, 0.5) is 9.93 Å². The van der Waals surface area contributed by atoms with Crippen LogP contribution in [0.5, 0.6) is 0 Å². The summed E-state index contributed by atoms with van der Waals surface area (Å²) in [6.45, 7) is 12.5. The zero-order valence-corrected chi connectivity index (χ0v) is 18.2. The number of aromatic nitrogens is 1. The van der Waals surface area contributed by atoms with Gasteiger partial charge in [-0.3, -0.25) is 9.69 Å². The highest BCUT2D eigenvalue weighted by atomic mass is 32.1. The number of morpholine rings is 1. The third kappa shape index (κ3) is 8.53. The lowest BCUT2D eigenvalue weighted by molar-refractivity contribution is -0.116. The van der Waals surface area contributed by atoms with Gasteiger partial charge in [0.05, 0.1) is 17.9 Å². The fraction of sp³-hybridized carbons (Fsp3) is 0.737. The molecule has 2 heterocycles. The zero-order chi connectivity index (χ0) is 20.7. The molecular weight excluding hydrogens is 380 g/mol. The molecule has 28 heavy (non-hydrogen) atoms. The van der Waals surface area contributed by atoms with E-state index in [1.165, 1.54) is 11.3 Å². The van der Waals surface area contributed by atoms with Crippen LogP contribution in [-0.4, -0.2) is 59.3 Å². The largest absolute Gasteiger partial charge is 0.444 e. The monoisotopic (exact) mass is 412 g/mol. The Morgan fingerprint density at radius 1 is 1.32 bits per heavy atom. The lowest BCUT2D eigenvalue weighted by atomic mass is 10.2. The number of ether oxygens (including phenoxy) is 2. The molecule has 0 radical (unpaired) electrons. The first-order valence-electron chi connectivity index (χ1n) is 9.69. The van der Waals surface area contributed by atoms with Crippen LogP contribution < -0.4 is 10.6 Å². The maximum atomic E-state index is 12.1. The van der Waals surface area contributed by atoms with Crippen molar-refractivity contribution in [3.8, 4) is 0 Å². The average molecular weight is 413 g/mol. The van der Waals surface area contributed by atoms with Crippen LogP contribution >= 0.6 is 11.3 Å². The first-order chi connectivity index (χ1) is 13.1. The summed E-state index contributed by atoms with van der Waals surface area (Å²) < 4.78 is 10.9. The summed E-state index contributed by atoms with van der Waals surface area (Å²) in [4.78, 5) is 30.4. The van der Waals surface area contributed by atoms with E-state index in [4.69, 9.17) is 9.47 Å². The molecule has 158 valence electrons. The number of nitrogens with zero attached hydrogens (tertiary/aromatic N) is 2. The summed E-state index contributed by atoms with van der Waals surface area (Å²) in [6.07, 6.45) is 0.812. The van der Waals surface area contributed by atoms with Gasteiger partial charge in [0.15, 0.2) is 5.13 Å². The Balaban J connectivity index is 1.67. The van der Waals surface area contributed by atoms with Crippen molar-refractivity contribution < 1.29 is 19.1 Å². The molecule has 2 atom stereocenters. The van der Waals surface area contributed by atoms with Crippen LogP contribution in [0, 0.1) is 0 Å². The second kappa shape index (κ2) is 10.2. The van der Waals surface area contributed by atoms with Crippen LogP contribution in [0.25, 0.3) is 0 Å². The summed E-state index contributed by atoms with van der Waals surface area (Å²) in [5.74, 6) is -0.111. The number of amides is 2. The topological polar surface area (TPSA) is 92.8 Å². The van der Waals surface area contributed by atoms with E-state index in [0.717, 1.165) is 25.3 Å². The summed E-state index contributed by atoms with van der Waals surface area (Å²) in [7, 11) is 0. The van der Waals surface area contributed by atoms with E-state index in [1.54, 1.807) is 0 Å². The first-order valence-corrected chi connectivity index (χ1v) is 10.6. The zero-order valence-electron chi connectivity index (χ0n) is 17.4. The second-order valence-corrected chi connectivity index (χ2v) is 9.03. The standard InChI is InChI=1S/C19H32N4O4S/c1-13-9-23(10-14(2)26-13)11-15-12-28-17(21-15)22-16(24)7-6-8-20-18(25)27-19(3,4)5/h12-14H,6-11H2,1-5H3,(H,20,25)(H,21,22,24). The van der Waals surface area contributed by atoms with Crippen molar-refractivity contribution in [1.29, 1.82) is 0 Å². The van der Waals surface area contributed by atoms with Gasteiger partial charge in [-0.2, -0.15) is 0 Å².